The number of ether oxygens (including phenoxy) is 1. The Bertz CT molecular complexity index is 454. The molecule has 0 spiro atoms. The first kappa shape index (κ1) is 17.7. The Kier molecular flexibility index (Phi) is 6.40. The number of nitrogens with zero attached hydrogens (tertiary/aromatic N) is 3. The van der Waals surface area contributed by atoms with Crippen LogP contribution in [0.3, 0.4) is 0 Å². The molecule has 0 fully saturated rings. The molecule has 21 heavy (non-hydrogen) atoms. The van der Waals surface area contributed by atoms with Crippen LogP contribution in [0.15, 0.2) is 0 Å². The van der Waals surface area contributed by atoms with Gasteiger partial charge in [-0.15, -0.1) is 0 Å². The number of hydrogen-bond acceptors (Lipinski definition) is 5. The van der Waals surface area contributed by atoms with E-state index >= 15 is 0 Å². The summed E-state index contributed by atoms with van der Waals surface area (Å²) in [5, 5.41) is 3.42. The Balaban J connectivity index is 3.20. The van der Waals surface area contributed by atoms with Crippen LogP contribution in [0.1, 0.15) is 45.5 Å². The first-order valence-electron chi connectivity index (χ1n) is 7.64. The molecule has 0 saturated heterocycles. The van der Waals surface area contributed by atoms with Crippen molar-refractivity contribution in [2.24, 2.45) is 0 Å². The molecule has 0 radical (unpaired) electrons. The highest BCUT2D eigenvalue weighted by Crippen LogP contribution is 2.27. The zero-order valence-electron chi connectivity index (χ0n) is 14.6. The highest BCUT2D eigenvalue weighted by molar-refractivity contribution is 5.58. The molecule has 0 aliphatic heterocycles. The standard InChI is InChI=1S/C16H30N4O/c1-8-9-17-13-12(2)14(20(6)10-11-21-7)19-15(18-13)16(3,4)5/h8-11H2,1-7H3,(H,17,18,19). The van der Waals surface area contributed by atoms with Gasteiger partial charge in [0.05, 0.1) is 6.61 Å². The lowest BCUT2D eigenvalue weighted by Gasteiger charge is -2.25. The zero-order valence-corrected chi connectivity index (χ0v) is 14.6. The van der Waals surface area contributed by atoms with Crippen LogP contribution in [-0.4, -0.2) is 43.8 Å². The highest BCUT2D eigenvalue weighted by Gasteiger charge is 2.22. The van der Waals surface area contributed by atoms with Crippen LogP contribution < -0.4 is 10.2 Å². The van der Waals surface area contributed by atoms with E-state index in [2.05, 4.69) is 44.8 Å². The van der Waals surface area contributed by atoms with Crippen LogP contribution >= 0.6 is 0 Å². The number of rotatable bonds is 7. The predicted octanol–water partition coefficient (Wildman–Crippen LogP) is 2.99. The Morgan fingerprint density at radius 1 is 1.24 bits per heavy atom. The summed E-state index contributed by atoms with van der Waals surface area (Å²) in [6.45, 7) is 13.1. The molecule has 5 nitrogen and oxygen atoms in total. The summed E-state index contributed by atoms with van der Waals surface area (Å²) in [7, 11) is 3.76. The van der Waals surface area contributed by atoms with Gasteiger partial charge in [-0.05, 0) is 13.3 Å². The number of anilines is 2. The van der Waals surface area contributed by atoms with Gasteiger partial charge in [0.15, 0.2) is 0 Å². The van der Waals surface area contributed by atoms with Crippen molar-refractivity contribution in [1.29, 1.82) is 0 Å². The average Bonchev–Trinajstić information content (AvgIpc) is 2.42. The van der Waals surface area contributed by atoms with Crippen LogP contribution in [0.2, 0.25) is 0 Å². The molecule has 0 amide bonds. The van der Waals surface area contributed by atoms with Gasteiger partial charge in [-0.3, -0.25) is 0 Å². The summed E-state index contributed by atoms with van der Waals surface area (Å²) >= 11 is 0. The molecular weight excluding hydrogens is 264 g/mol. The van der Waals surface area contributed by atoms with Gasteiger partial charge in [-0.1, -0.05) is 27.7 Å². The lowest BCUT2D eigenvalue weighted by atomic mass is 9.95. The van der Waals surface area contributed by atoms with E-state index in [4.69, 9.17) is 14.7 Å². The minimum Gasteiger partial charge on any atom is -0.383 e. The molecule has 5 heteroatoms. The van der Waals surface area contributed by atoms with E-state index in [9.17, 15) is 0 Å². The molecule has 0 aliphatic carbocycles. The van der Waals surface area contributed by atoms with E-state index in [-0.39, 0.29) is 5.41 Å². The average molecular weight is 294 g/mol. The van der Waals surface area contributed by atoms with Crippen molar-refractivity contribution < 1.29 is 4.74 Å². The zero-order chi connectivity index (χ0) is 16.0. The molecule has 120 valence electrons. The molecular formula is C16H30N4O. The molecule has 0 aliphatic rings. The molecule has 1 aromatic heterocycles. The molecule has 0 unspecified atom stereocenters. The smallest absolute Gasteiger partial charge is 0.138 e. The second kappa shape index (κ2) is 7.59. The van der Waals surface area contributed by atoms with Gasteiger partial charge in [0.25, 0.3) is 0 Å². The lowest BCUT2D eigenvalue weighted by Crippen LogP contribution is -2.27. The fourth-order valence-electron chi connectivity index (χ4n) is 1.96. The van der Waals surface area contributed by atoms with Crippen molar-refractivity contribution in [3.8, 4) is 0 Å². The third-order valence-electron chi connectivity index (χ3n) is 3.33. The fourth-order valence-corrected chi connectivity index (χ4v) is 1.96. The quantitative estimate of drug-likeness (QED) is 0.838. The molecule has 1 N–H and O–H groups in total. The monoisotopic (exact) mass is 294 g/mol. The van der Waals surface area contributed by atoms with Crippen LogP contribution in [0.25, 0.3) is 0 Å². The topological polar surface area (TPSA) is 50.3 Å². The van der Waals surface area contributed by atoms with E-state index in [1.165, 1.54) is 0 Å². The summed E-state index contributed by atoms with van der Waals surface area (Å²) in [6, 6.07) is 0. The third-order valence-corrected chi connectivity index (χ3v) is 3.33. The van der Waals surface area contributed by atoms with Gasteiger partial charge in [0, 0.05) is 38.2 Å². The number of aromatic nitrogens is 2. The van der Waals surface area contributed by atoms with Crippen molar-refractivity contribution in [2.75, 3.05) is 44.1 Å². The van der Waals surface area contributed by atoms with Crippen LogP contribution in [-0.2, 0) is 10.2 Å². The fraction of sp³-hybridized carbons (Fsp3) is 0.750. The summed E-state index contributed by atoms with van der Waals surface area (Å²) in [6.07, 6.45) is 1.07. The number of likely N-dealkylation sites (N-methyl/N-ethyl adjacent to an activating group) is 1. The van der Waals surface area contributed by atoms with E-state index in [1.54, 1.807) is 7.11 Å². The molecule has 0 atom stereocenters. The van der Waals surface area contributed by atoms with Crippen molar-refractivity contribution in [2.45, 2.75) is 46.5 Å². The Hall–Kier alpha value is -1.36. The molecule has 0 saturated carbocycles. The highest BCUT2D eigenvalue weighted by atomic mass is 16.5. The largest absolute Gasteiger partial charge is 0.383 e. The van der Waals surface area contributed by atoms with Crippen LogP contribution in [0.5, 0.6) is 0 Å². The molecule has 0 aromatic carbocycles. The first-order chi connectivity index (χ1) is 9.81. The number of nitrogens with one attached hydrogen (secondary N) is 1. The van der Waals surface area contributed by atoms with Gasteiger partial charge < -0.3 is 15.0 Å². The van der Waals surface area contributed by atoms with E-state index < -0.39 is 0 Å². The van der Waals surface area contributed by atoms with Gasteiger partial charge in [-0.25, -0.2) is 9.97 Å². The van der Waals surface area contributed by atoms with E-state index in [0.29, 0.717) is 6.61 Å². The van der Waals surface area contributed by atoms with Crippen molar-refractivity contribution in [1.82, 2.24) is 9.97 Å². The minimum absolute atomic E-state index is 0.0762. The summed E-state index contributed by atoms with van der Waals surface area (Å²) in [4.78, 5) is 11.6. The predicted molar refractivity (Wildman–Crippen MR) is 89.4 cm³/mol. The maximum atomic E-state index is 5.17. The summed E-state index contributed by atoms with van der Waals surface area (Å²) in [5.41, 5.74) is 1.02. The Morgan fingerprint density at radius 2 is 1.90 bits per heavy atom. The molecule has 1 aromatic rings. The van der Waals surface area contributed by atoms with Crippen molar-refractivity contribution >= 4 is 11.6 Å². The second-order valence-electron chi connectivity index (χ2n) is 6.44. The normalized spacial score (nSPS) is 11.6. The maximum absolute atomic E-state index is 5.17. The minimum atomic E-state index is -0.0762. The molecule has 0 bridgehead atoms. The Labute approximate surface area is 129 Å². The van der Waals surface area contributed by atoms with Gasteiger partial charge in [0.1, 0.15) is 17.5 Å². The molecule has 1 heterocycles. The van der Waals surface area contributed by atoms with Crippen LogP contribution in [0, 0.1) is 6.92 Å². The second-order valence-corrected chi connectivity index (χ2v) is 6.44. The summed E-state index contributed by atoms with van der Waals surface area (Å²) < 4.78 is 5.17. The van der Waals surface area contributed by atoms with Crippen molar-refractivity contribution in [3.63, 3.8) is 0 Å². The number of methoxy groups -OCH3 is 1. The first-order valence-corrected chi connectivity index (χ1v) is 7.64. The van der Waals surface area contributed by atoms with Gasteiger partial charge in [0.2, 0.25) is 0 Å². The van der Waals surface area contributed by atoms with Crippen LogP contribution in [0.4, 0.5) is 11.6 Å². The number of hydrogen-bond donors (Lipinski definition) is 1. The van der Waals surface area contributed by atoms with Crippen molar-refractivity contribution in [3.05, 3.63) is 11.4 Å². The summed E-state index contributed by atoms with van der Waals surface area (Å²) in [5.74, 6) is 2.78. The van der Waals surface area contributed by atoms with E-state index in [1.807, 2.05) is 7.05 Å². The van der Waals surface area contributed by atoms with Gasteiger partial charge in [-0.2, -0.15) is 0 Å². The van der Waals surface area contributed by atoms with E-state index in [0.717, 1.165) is 42.5 Å². The SMILES string of the molecule is CCCNc1nc(C(C)(C)C)nc(N(C)CCOC)c1C. The third kappa shape index (κ3) is 4.84. The van der Waals surface area contributed by atoms with Gasteiger partial charge >= 0.3 is 0 Å². The maximum Gasteiger partial charge on any atom is 0.138 e. The lowest BCUT2D eigenvalue weighted by molar-refractivity contribution is 0.206. The molecule has 1 rings (SSSR count). The Morgan fingerprint density at radius 3 is 2.43 bits per heavy atom.